The van der Waals surface area contributed by atoms with Gasteiger partial charge in [0.1, 0.15) is 6.04 Å². The summed E-state index contributed by atoms with van der Waals surface area (Å²) in [4.78, 5) is 10.8. The molecule has 1 aromatic heterocycles. The molecule has 0 saturated carbocycles. The van der Waals surface area contributed by atoms with Crippen LogP contribution in [0.25, 0.3) is 0 Å². The number of ether oxygens (including phenoxy) is 1. The highest BCUT2D eigenvalue weighted by atomic mass is 32.1. The number of hydrogen-bond acceptors (Lipinski definition) is 6. The average Bonchev–Trinajstić information content (AvgIpc) is 2.83. The first-order valence-corrected chi connectivity index (χ1v) is 6.45. The molecule has 18 heavy (non-hydrogen) atoms. The Kier molecular flexibility index (Phi) is 6.28. The van der Waals surface area contributed by atoms with Crippen molar-refractivity contribution in [3.63, 3.8) is 0 Å². The van der Waals surface area contributed by atoms with Gasteiger partial charge in [0.2, 0.25) is 0 Å². The van der Waals surface area contributed by atoms with E-state index in [0.717, 1.165) is 17.8 Å². The van der Waals surface area contributed by atoms with Crippen LogP contribution in [0.2, 0.25) is 0 Å². The van der Waals surface area contributed by atoms with Crippen molar-refractivity contribution in [2.24, 2.45) is 0 Å². The van der Waals surface area contributed by atoms with Crippen LogP contribution in [0.1, 0.15) is 24.3 Å². The fourth-order valence-electron chi connectivity index (χ4n) is 1.37. The first-order valence-electron chi connectivity index (χ1n) is 5.64. The van der Waals surface area contributed by atoms with Crippen molar-refractivity contribution >= 4 is 16.3 Å². The number of rotatable bonds is 8. The lowest BCUT2D eigenvalue weighted by atomic mass is 10.2. The van der Waals surface area contributed by atoms with Gasteiger partial charge in [0.05, 0.1) is 11.0 Å². The number of nitrogens with zero attached hydrogens (tertiary/aromatic N) is 2. The second-order valence-corrected chi connectivity index (χ2v) is 4.59. The normalized spacial score (nSPS) is 12.0. The van der Waals surface area contributed by atoms with Gasteiger partial charge in [-0.25, -0.2) is 0 Å². The molecule has 0 bridgehead atoms. The summed E-state index contributed by atoms with van der Waals surface area (Å²) < 4.78 is 5.18. The van der Waals surface area contributed by atoms with Gasteiger partial charge in [-0.05, 0) is 26.0 Å². The Bertz CT molecular complexity index is 427. The monoisotopic (exact) mass is 269 g/mol. The smallest absolute Gasteiger partial charge is 0.324 e. The fourth-order valence-corrected chi connectivity index (χ4v) is 2.21. The highest BCUT2D eigenvalue weighted by Crippen LogP contribution is 2.28. The van der Waals surface area contributed by atoms with Crippen LogP contribution in [-0.2, 0) is 4.74 Å². The summed E-state index contributed by atoms with van der Waals surface area (Å²) in [6, 6.07) is 4.64. The van der Waals surface area contributed by atoms with Crippen LogP contribution in [-0.4, -0.2) is 24.7 Å². The predicted molar refractivity (Wildman–Crippen MR) is 68.4 cm³/mol. The Labute approximate surface area is 109 Å². The van der Waals surface area contributed by atoms with Gasteiger partial charge in [0.25, 0.3) is 0 Å². The molecule has 0 amide bonds. The van der Waals surface area contributed by atoms with E-state index in [1.165, 1.54) is 6.07 Å². The molecule has 0 radical (unpaired) electrons. The van der Waals surface area contributed by atoms with Crippen LogP contribution >= 0.6 is 11.3 Å². The van der Waals surface area contributed by atoms with E-state index in [-0.39, 0.29) is 5.00 Å². The Morgan fingerprint density at radius 2 is 2.44 bits per heavy atom. The van der Waals surface area contributed by atoms with Crippen molar-refractivity contribution < 1.29 is 9.66 Å². The minimum Gasteiger partial charge on any atom is -0.382 e. The van der Waals surface area contributed by atoms with Crippen molar-refractivity contribution in [2.75, 3.05) is 19.8 Å². The topological polar surface area (TPSA) is 88.2 Å². The second kappa shape index (κ2) is 7.76. The van der Waals surface area contributed by atoms with Crippen molar-refractivity contribution in [3.05, 3.63) is 27.1 Å². The summed E-state index contributed by atoms with van der Waals surface area (Å²) in [6.45, 7) is 3.89. The minimum absolute atomic E-state index is 0.0568. The molecule has 1 atom stereocenters. The van der Waals surface area contributed by atoms with E-state index < -0.39 is 11.0 Å². The maximum Gasteiger partial charge on any atom is 0.324 e. The molecule has 6 nitrogen and oxygen atoms in total. The van der Waals surface area contributed by atoms with Gasteiger partial charge < -0.3 is 4.74 Å². The largest absolute Gasteiger partial charge is 0.382 e. The highest BCUT2D eigenvalue weighted by molar-refractivity contribution is 7.15. The highest BCUT2D eigenvalue weighted by Gasteiger charge is 2.16. The third-order valence-corrected chi connectivity index (χ3v) is 3.33. The van der Waals surface area contributed by atoms with Gasteiger partial charge in [-0.3, -0.25) is 15.4 Å². The van der Waals surface area contributed by atoms with Gasteiger partial charge in [-0.1, -0.05) is 11.3 Å². The molecule has 98 valence electrons. The molecular weight excluding hydrogens is 254 g/mol. The van der Waals surface area contributed by atoms with Gasteiger partial charge in [-0.15, -0.1) is 0 Å². The Balaban J connectivity index is 2.45. The molecule has 1 N–H and O–H groups in total. The number of nitriles is 1. The Morgan fingerprint density at radius 3 is 3.00 bits per heavy atom. The number of nitro groups is 1. The zero-order chi connectivity index (χ0) is 13.4. The van der Waals surface area contributed by atoms with Gasteiger partial charge in [-0.2, -0.15) is 5.26 Å². The van der Waals surface area contributed by atoms with Crippen molar-refractivity contribution in [1.29, 1.82) is 5.26 Å². The lowest BCUT2D eigenvalue weighted by molar-refractivity contribution is -0.380. The van der Waals surface area contributed by atoms with Gasteiger partial charge >= 0.3 is 5.00 Å². The zero-order valence-electron chi connectivity index (χ0n) is 10.1. The van der Waals surface area contributed by atoms with E-state index in [1.807, 2.05) is 6.92 Å². The fraction of sp³-hybridized carbons (Fsp3) is 0.545. The van der Waals surface area contributed by atoms with E-state index in [0.29, 0.717) is 24.6 Å². The molecule has 0 aliphatic heterocycles. The molecule has 0 aliphatic rings. The second-order valence-electron chi connectivity index (χ2n) is 3.50. The van der Waals surface area contributed by atoms with Crippen LogP contribution in [0.3, 0.4) is 0 Å². The van der Waals surface area contributed by atoms with E-state index >= 15 is 0 Å². The first-order chi connectivity index (χ1) is 8.69. The van der Waals surface area contributed by atoms with E-state index in [1.54, 1.807) is 6.07 Å². The van der Waals surface area contributed by atoms with Gasteiger partial charge in [0.15, 0.2) is 0 Å². The van der Waals surface area contributed by atoms with Crippen LogP contribution in [0, 0.1) is 21.4 Å². The molecule has 7 heteroatoms. The molecule has 1 rings (SSSR count). The summed E-state index contributed by atoms with van der Waals surface area (Å²) in [7, 11) is 0. The lowest BCUT2D eigenvalue weighted by Gasteiger charge is -2.08. The maximum atomic E-state index is 10.6. The standard InChI is InChI=1S/C11H15N3O3S/c1-2-17-7-3-6-13-9(8-12)10-4-5-11(18-10)14(15)16/h4-5,9,13H,2-3,6-7H2,1H3. The predicted octanol–water partition coefficient (Wildman–Crippen LogP) is 2.24. The number of hydrogen-bond donors (Lipinski definition) is 1. The van der Waals surface area contributed by atoms with E-state index in [2.05, 4.69) is 11.4 Å². The van der Waals surface area contributed by atoms with Crippen LogP contribution in [0.4, 0.5) is 5.00 Å². The minimum atomic E-state index is -0.495. The van der Waals surface area contributed by atoms with Crippen molar-refractivity contribution in [1.82, 2.24) is 5.32 Å². The molecule has 0 fully saturated rings. The molecular formula is C11H15N3O3S. The zero-order valence-corrected chi connectivity index (χ0v) is 10.9. The average molecular weight is 269 g/mol. The van der Waals surface area contributed by atoms with Crippen LogP contribution in [0.5, 0.6) is 0 Å². The van der Waals surface area contributed by atoms with Crippen molar-refractivity contribution in [2.45, 2.75) is 19.4 Å². The first kappa shape index (κ1) is 14.6. The Hall–Kier alpha value is -1.49. The van der Waals surface area contributed by atoms with Crippen molar-refractivity contribution in [3.8, 4) is 6.07 Å². The Morgan fingerprint density at radius 1 is 1.67 bits per heavy atom. The summed E-state index contributed by atoms with van der Waals surface area (Å²) in [5.74, 6) is 0. The summed E-state index contributed by atoms with van der Waals surface area (Å²) >= 11 is 1.03. The maximum absolute atomic E-state index is 10.6. The third kappa shape index (κ3) is 4.41. The molecule has 0 aromatic carbocycles. The van der Waals surface area contributed by atoms with Crippen LogP contribution < -0.4 is 5.32 Å². The van der Waals surface area contributed by atoms with Gasteiger partial charge in [0, 0.05) is 24.2 Å². The molecule has 1 unspecified atom stereocenters. The summed E-state index contributed by atoms with van der Waals surface area (Å²) in [5, 5.41) is 22.7. The molecule has 0 spiro atoms. The molecule has 1 heterocycles. The van der Waals surface area contributed by atoms with E-state index in [9.17, 15) is 10.1 Å². The molecule has 0 aliphatic carbocycles. The lowest BCUT2D eigenvalue weighted by Crippen LogP contribution is -2.21. The number of nitrogens with one attached hydrogen (secondary N) is 1. The summed E-state index contributed by atoms with van der Waals surface area (Å²) in [5.41, 5.74) is 0. The number of thiophene rings is 1. The molecule has 0 saturated heterocycles. The summed E-state index contributed by atoms with van der Waals surface area (Å²) in [6.07, 6.45) is 0.805. The molecule has 1 aromatic rings. The third-order valence-electron chi connectivity index (χ3n) is 2.22. The SMILES string of the molecule is CCOCCCNC(C#N)c1ccc([N+](=O)[O-])s1. The van der Waals surface area contributed by atoms with Crippen LogP contribution in [0.15, 0.2) is 12.1 Å². The van der Waals surface area contributed by atoms with E-state index in [4.69, 9.17) is 10.00 Å². The quantitative estimate of drug-likeness (QED) is 0.444.